The molecule has 0 fully saturated rings. The van der Waals surface area contributed by atoms with Gasteiger partial charge in [-0.15, -0.1) is 0 Å². The van der Waals surface area contributed by atoms with Gasteiger partial charge in [0.15, 0.2) is 0 Å². The Morgan fingerprint density at radius 3 is 0.683 bits per heavy atom. The van der Waals surface area contributed by atoms with Gasteiger partial charge in [0, 0.05) is 89.7 Å². The number of carboxylic acid groups (broad SMARTS) is 9. The van der Waals surface area contributed by atoms with E-state index < -0.39 is 200 Å². The number of nitrogens with zero attached hydrogens (tertiary/aromatic N) is 3. The smallest absolute Gasteiger partial charge is 0.550 e. The Morgan fingerprint density at radius 1 is 0.310 bits per heavy atom. The van der Waals surface area contributed by atoms with Crippen molar-refractivity contribution in [3.05, 3.63) is 287 Å². The zero-order chi connectivity index (χ0) is 90.3. The summed E-state index contributed by atoms with van der Waals surface area (Å²) in [5.74, 6) is -28.4. The van der Waals surface area contributed by atoms with Crippen LogP contribution in [0.2, 0.25) is 0 Å². The van der Waals surface area contributed by atoms with Crippen molar-refractivity contribution >= 4 is 71.4 Å². The molecule has 0 heterocycles. The Hall–Kier alpha value is -10.7. The largest absolute Gasteiger partial charge is 1.00 e. The summed E-state index contributed by atoms with van der Waals surface area (Å²) < 4.78 is 46.2. The van der Waals surface area contributed by atoms with Crippen LogP contribution in [-0.4, -0.2) is 188 Å². The molecule has 0 spiro atoms. The maximum atomic E-state index is 15.4. The van der Waals surface area contributed by atoms with Crippen LogP contribution in [0.3, 0.4) is 0 Å². The summed E-state index contributed by atoms with van der Waals surface area (Å²) in [7, 11) is 0. The number of carboxylic acids is 9. The molecule has 9 rings (SSSR count). The number of aliphatic carboxylic acids is 9. The van der Waals surface area contributed by atoms with Crippen LogP contribution in [-0.2, 0) is 76.8 Å². The molecule has 12 atom stereocenters. The summed E-state index contributed by atoms with van der Waals surface area (Å²) >= 11 is 0. The first-order valence-corrected chi connectivity index (χ1v) is 39.0. The summed E-state index contributed by atoms with van der Waals surface area (Å²) in [5.41, 5.74) is 7.26. The zero-order valence-electron chi connectivity index (χ0n) is 70.1. The van der Waals surface area contributed by atoms with Crippen LogP contribution in [0.15, 0.2) is 237 Å². The predicted octanol–water partition coefficient (Wildman–Crippen LogP) is -0.851. The summed E-state index contributed by atoms with van der Waals surface area (Å²) in [6.45, 7) is 1.88. The second-order valence-corrected chi connectivity index (χ2v) is 29.4. The molecule has 27 nitrogen and oxygen atoms in total. The molecular formula is C93H93F3N3Na3O24. The van der Waals surface area contributed by atoms with E-state index in [1.807, 2.05) is 91.0 Å². The van der Waals surface area contributed by atoms with E-state index >= 15 is 13.2 Å². The van der Waals surface area contributed by atoms with Gasteiger partial charge in [0.25, 0.3) is 17.7 Å². The minimum Gasteiger partial charge on any atom is -0.550 e. The third kappa shape index (κ3) is 32.0. The molecule has 12 unspecified atom stereocenters. The first kappa shape index (κ1) is 108. The zero-order valence-corrected chi connectivity index (χ0v) is 76.1. The molecule has 9 N–H and O–H groups in total. The van der Waals surface area contributed by atoms with E-state index in [2.05, 4.69) is 0 Å². The standard InChI is InChI=1S/3C31H32FNO8.3Na/c3*1-19(33(18-28(36)37)30(39)29(38)25(31(40)41)17-27(34)35)23(14-12-20-8-4-2-5-9-20)22-13-15-24(26(32)16-22)21-10-6-3-7-11-21;;;/h3*2-11,13,15-16,19,23,25,29,38H,12,14,17-18H2,1H3,(H,34,35)(H,36,37)(H,40,41);;;/q;;;3*+1/p-3. The van der Waals surface area contributed by atoms with Crippen LogP contribution >= 0.6 is 0 Å². The molecule has 3 amide bonds. The van der Waals surface area contributed by atoms with E-state index in [4.69, 9.17) is 0 Å². The minimum absolute atomic E-state index is 0. The van der Waals surface area contributed by atoms with Crippen molar-refractivity contribution in [3.63, 3.8) is 0 Å². The number of amides is 3. The SMILES string of the molecule is CC(C(CCc1ccccc1)c1ccc(-c2ccccc2)c(F)c1)N(CC(=O)O)C(=O)C(O)C(CC(=O)[O-])C(=O)O.CC(C(CCc1ccccc1)c1ccc(-c2ccccc2)c(F)c1)N(CC(=O)O)C(=O)C(O)C(CC(=O)[O-])C(=O)O.CC(C(CCc1ccccc1)c1ccc(-c2ccccc2)c(F)c1)N(CC(=O)O)C(=O)C(O)C(CC(=O)[O-])C(=O)O.[Na+].[Na+].[Na+]. The number of aliphatic hydroxyl groups is 3. The van der Waals surface area contributed by atoms with Crippen LogP contribution in [0.1, 0.15) is 110 Å². The molecule has 648 valence electrons. The molecule has 0 aliphatic rings. The fourth-order valence-electron chi connectivity index (χ4n) is 14.7. The van der Waals surface area contributed by atoms with Gasteiger partial charge >= 0.3 is 124 Å². The molecule has 126 heavy (non-hydrogen) atoms. The molecule has 0 aromatic heterocycles. The number of halogens is 3. The number of hydrogen-bond donors (Lipinski definition) is 9. The summed E-state index contributed by atoms with van der Waals surface area (Å²) in [6, 6.07) is 65.6. The Bertz CT molecular complexity index is 4620. The van der Waals surface area contributed by atoms with Crippen LogP contribution < -0.4 is 104 Å². The normalized spacial score (nSPS) is 13.6. The fraction of sp³-hybridized carbons (Fsp3) is 0.290. The van der Waals surface area contributed by atoms with Crippen molar-refractivity contribution < 1.29 is 221 Å². The summed E-state index contributed by atoms with van der Waals surface area (Å²) in [4.78, 5) is 146. The third-order valence-corrected chi connectivity index (χ3v) is 21.3. The molecule has 33 heteroatoms. The molecule has 0 bridgehead atoms. The molecule has 0 aliphatic carbocycles. The van der Waals surface area contributed by atoms with Crippen molar-refractivity contribution in [2.45, 2.75) is 133 Å². The molecular weight excluding hydrogens is 1670 g/mol. The number of carbonyl (C=O) groups excluding carboxylic acids is 6. The fourth-order valence-corrected chi connectivity index (χ4v) is 14.7. The Labute approximate surface area is 791 Å². The maximum Gasteiger partial charge on any atom is 1.00 e. The van der Waals surface area contributed by atoms with Gasteiger partial charge in [0.2, 0.25) is 0 Å². The first-order chi connectivity index (χ1) is 58.5. The Balaban J connectivity index is 0.000000392. The van der Waals surface area contributed by atoms with Crippen molar-refractivity contribution in [3.8, 4) is 33.4 Å². The van der Waals surface area contributed by atoms with Gasteiger partial charge in [-0.3, -0.25) is 43.2 Å². The molecule has 0 aliphatic heterocycles. The molecule has 0 saturated heterocycles. The van der Waals surface area contributed by atoms with E-state index in [1.165, 1.54) is 39.0 Å². The van der Waals surface area contributed by atoms with Gasteiger partial charge < -0.3 is 90.4 Å². The average Bonchev–Trinajstić information content (AvgIpc) is 0.806. The number of carbonyl (C=O) groups is 12. The van der Waals surface area contributed by atoms with E-state index in [-0.39, 0.29) is 88.7 Å². The maximum absolute atomic E-state index is 15.4. The van der Waals surface area contributed by atoms with Crippen molar-refractivity contribution in [2.24, 2.45) is 17.8 Å². The van der Waals surface area contributed by atoms with Gasteiger partial charge in [-0.25, -0.2) is 13.2 Å². The van der Waals surface area contributed by atoms with E-state index in [9.17, 15) is 119 Å². The number of rotatable bonds is 42. The van der Waals surface area contributed by atoms with Crippen LogP contribution in [0, 0.1) is 35.2 Å². The molecule has 0 saturated carbocycles. The van der Waals surface area contributed by atoms with Gasteiger partial charge in [-0.05, 0) is 128 Å². The average molecular weight is 1760 g/mol. The van der Waals surface area contributed by atoms with E-state index in [1.54, 1.807) is 127 Å². The Morgan fingerprint density at radius 2 is 0.508 bits per heavy atom. The van der Waals surface area contributed by atoms with Crippen LogP contribution in [0.5, 0.6) is 0 Å². The molecule has 0 radical (unpaired) electrons. The van der Waals surface area contributed by atoms with Crippen molar-refractivity contribution in [1.29, 1.82) is 0 Å². The van der Waals surface area contributed by atoms with E-state index in [0.717, 1.165) is 31.4 Å². The Kier molecular flexibility index (Phi) is 45.3. The second kappa shape index (κ2) is 53.0. The van der Waals surface area contributed by atoms with Crippen LogP contribution in [0.4, 0.5) is 13.2 Å². The quantitative estimate of drug-likeness (QED) is 0.0210. The van der Waals surface area contributed by atoms with Gasteiger partial charge in [0.05, 0.1) is 17.8 Å². The third-order valence-electron chi connectivity index (χ3n) is 21.3. The number of benzene rings is 9. The monoisotopic (exact) mass is 1760 g/mol. The number of hydrogen-bond acceptors (Lipinski definition) is 18. The van der Waals surface area contributed by atoms with Crippen LogP contribution in [0.25, 0.3) is 33.4 Å². The summed E-state index contributed by atoms with van der Waals surface area (Å²) in [5, 5.41) is 122. The van der Waals surface area contributed by atoms with Crippen molar-refractivity contribution in [1.82, 2.24) is 14.7 Å². The predicted molar refractivity (Wildman–Crippen MR) is 435 cm³/mol. The van der Waals surface area contributed by atoms with Gasteiger partial charge in [0.1, 0.15) is 55.4 Å². The molecule has 9 aromatic rings. The van der Waals surface area contributed by atoms with Gasteiger partial charge in [-0.1, -0.05) is 218 Å². The second-order valence-electron chi connectivity index (χ2n) is 29.4. The topological polar surface area (TPSA) is 466 Å². The van der Waals surface area contributed by atoms with Crippen molar-refractivity contribution in [2.75, 3.05) is 19.6 Å². The summed E-state index contributed by atoms with van der Waals surface area (Å²) in [6.07, 6.45) is -8.02. The minimum atomic E-state index is -2.35. The van der Waals surface area contributed by atoms with E-state index in [0.29, 0.717) is 88.6 Å². The number of aliphatic hydroxyl groups excluding tert-OH is 3. The first-order valence-electron chi connectivity index (χ1n) is 39.0. The molecule has 9 aromatic carbocycles. The van der Waals surface area contributed by atoms with Gasteiger partial charge in [-0.2, -0.15) is 0 Å². The number of aryl methyl sites for hydroxylation is 3.